The number of halogens is 3. The average molecular weight is 300 g/mol. The van der Waals surface area contributed by atoms with Crippen molar-refractivity contribution in [1.82, 2.24) is 4.98 Å². The Morgan fingerprint density at radius 3 is 2.86 bits per heavy atom. The number of piperidine rings is 1. The second kappa shape index (κ2) is 5.16. The van der Waals surface area contributed by atoms with Crippen LogP contribution >= 0.6 is 0 Å². The number of aromatic nitrogens is 1. The van der Waals surface area contributed by atoms with Crippen molar-refractivity contribution in [3.8, 4) is 0 Å². The summed E-state index contributed by atoms with van der Waals surface area (Å²) in [5.41, 5.74) is -1.38. The molecule has 2 fully saturated rings. The van der Waals surface area contributed by atoms with E-state index in [0.717, 1.165) is 31.7 Å². The highest BCUT2D eigenvalue weighted by atomic mass is 19.4. The van der Waals surface area contributed by atoms with Gasteiger partial charge in [-0.25, -0.2) is 4.98 Å². The number of anilines is 1. The molecule has 21 heavy (non-hydrogen) atoms. The van der Waals surface area contributed by atoms with Crippen molar-refractivity contribution in [2.24, 2.45) is 5.92 Å². The van der Waals surface area contributed by atoms with E-state index in [9.17, 15) is 18.3 Å². The van der Waals surface area contributed by atoms with Gasteiger partial charge in [0, 0.05) is 25.2 Å². The zero-order chi connectivity index (χ0) is 15.1. The van der Waals surface area contributed by atoms with Gasteiger partial charge >= 0.3 is 6.18 Å². The molecule has 2 aliphatic rings. The lowest BCUT2D eigenvalue weighted by Gasteiger charge is -2.48. The highest BCUT2D eigenvalue weighted by molar-refractivity contribution is 5.49. The average Bonchev–Trinajstić information content (AvgIpc) is 2.45. The molecule has 6 heteroatoms. The van der Waals surface area contributed by atoms with E-state index >= 15 is 0 Å². The molecule has 2 unspecified atom stereocenters. The number of pyridine rings is 1. The zero-order valence-corrected chi connectivity index (χ0v) is 11.7. The Kier molecular flexibility index (Phi) is 3.59. The molecule has 0 amide bonds. The summed E-state index contributed by atoms with van der Waals surface area (Å²) in [5.74, 6) is 0.0423. The quantitative estimate of drug-likeness (QED) is 0.865. The molecule has 0 spiro atoms. The van der Waals surface area contributed by atoms with Crippen LogP contribution in [0.4, 0.5) is 19.0 Å². The molecule has 1 N–H and O–H groups in total. The van der Waals surface area contributed by atoms with E-state index in [4.69, 9.17) is 0 Å². The molecule has 1 aliphatic heterocycles. The van der Waals surface area contributed by atoms with Gasteiger partial charge in [-0.3, -0.25) is 0 Å². The monoisotopic (exact) mass is 300 g/mol. The number of hydrogen-bond donors (Lipinski definition) is 1. The smallest absolute Gasteiger partial charge is 0.389 e. The fourth-order valence-corrected chi connectivity index (χ4v) is 3.63. The van der Waals surface area contributed by atoms with Crippen LogP contribution < -0.4 is 4.90 Å². The van der Waals surface area contributed by atoms with Crippen LogP contribution in [0.15, 0.2) is 18.3 Å². The van der Waals surface area contributed by atoms with E-state index in [-0.39, 0.29) is 11.7 Å². The van der Waals surface area contributed by atoms with E-state index in [2.05, 4.69) is 4.98 Å². The summed E-state index contributed by atoms with van der Waals surface area (Å²) >= 11 is 0. The fraction of sp³-hybridized carbons (Fsp3) is 0.667. The molecule has 1 aromatic heterocycles. The molecule has 0 bridgehead atoms. The number of rotatable bonds is 1. The molecular formula is C15H19F3N2O. The number of alkyl halides is 3. The molecule has 3 nitrogen and oxygen atoms in total. The first-order valence-electron chi connectivity index (χ1n) is 7.40. The molecule has 0 radical (unpaired) electrons. The number of fused-ring (bicyclic) bond motifs is 1. The van der Waals surface area contributed by atoms with Crippen molar-refractivity contribution in [3.05, 3.63) is 23.9 Å². The second-order valence-electron chi connectivity index (χ2n) is 6.11. The van der Waals surface area contributed by atoms with Gasteiger partial charge in [0.1, 0.15) is 5.82 Å². The van der Waals surface area contributed by atoms with Crippen LogP contribution in [0.2, 0.25) is 0 Å². The van der Waals surface area contributed by atoms with Crippen LogP contribution in [0.1, 0.15) is 37.7 Å². The third-order valence-electron chi connectivity index (χ3n) is 4.82. The van der Waals surface area contributed by atoms with Crippen LogP contribution in [-0.2, 0) is 6.18 Å². The predicted molar refractivity (Wildman–Crippen MR) is 73.0 cm³/mol. The summed E-state index contributed by atoms with van der Waals surface area (Å²) in [7, 11) is 0. The number of nitrogens with zero attached hydrogens (tertiary/aromatic N) is 2. The third-order valence-corrected chi connectivity index (χ3v) is 4.82. The van der Waals surface area contributed by atoms with Crippen LogP contribution in [0.5, 0.6) is 0 Å². The first-order chi connectivity index (χ1) is 9.90. The topological polar surface area (TPSA) is 36.4 Å². The number of hydrogen-bond acceptors (Lipinski definition) is 3. The molecule has 2 atom stereocenters. The van der Waals surface area contributed by atoms with Crippen molar-refractivity contribution < 1.29 is 18.3 Å². The minimum absolute atomic E-state index is 0.00220. The Hall–Kier alpha value is -1.30. The van der Waals surface area contributed by atoms with Gasteiger partial charge in [0.25, 0.3) is 0 Å². The fourth-order valence-electron chi connectivity index (χ4n) is 3.63. The highest BCUT2D eigenvalue weighted by Gasteiger charge is 2.44. The Morgan fingerprint density at radius 1 is 1.29 bits per heavy atom. The normalized spacial score (nSPS) is 30.1. The van der Waals surface area contributed by atoms with Gasteiger partial charge in [0.05, 0.1) is 11.2 Å². The lowest BCUT2D eigenvalue weighted by Crippen LogP contribution is -2.53. The van der Waals surface area contributed by atoms with Gasteiger partial charge in [-0.1, -0.05) is 12.8 Å². The summed E-state index contributed by atoms with van der Waals surface area (Å²) in [6, 6.07) is 2.39. The maximum atomic E-state index is 13.1. The van der Waals surface area contributed by atoms with Gasteiger partial charge in [-0.05, 0) is 31.4 Å². The van der Waals surface area contributed by atoms with Crippen molar-refractivity contribution in [2.45, 2.75) is 43.9 Å². The molecule has 1 aliphatic carbocycles. The van der Waals surface area contributed by atoms with Crippen molar-refractivity contribution in [1.29, 1.82) is 0 Å². The molecule has 1 saturated heterocycles. The maximum absolute atomic E-state index is 13.1. The van der Waals surface area contributed by atoms with Gasteiger partial charge in [-0.15, -0.1) is 0 Å². The highest BCUT2D eigenvalue weighted by Crippen LogP contribution is 2.42. The van der Waals surface area contributed by atoms with Crippen LogP contribution in [0.3, 0.4) is 0 Å². The molecule has 1 saturated carbocycles. The minimum atomic E-state index is -4.40. The zero-order valence-electron chi connectivity index (χ0n) is 11.7. The standard InChI is InChI=1S/C15H19F3N2O/c16-15(17,18)12-5-3-8-19-13(12)20-9-7-14(21)6-2-1-4-11(14)10-20/h3,5,8,11,21H,1-2,4,6-7,9-10H2. The Morgan fingerprint density at radius 2 is 2.10 bits per heavy atom. The Labute approximate surface area is 121 Å². The molecule has 3 rings (SSSR count). The summed E-state index contributed by atoms with van der Waals surface area (Å²) in [6.45, 7) is 0.879. The van der Waals surface area contributed by atoms with E-state index < -0.39 is 17.3 Å². The van der Waals surface area contributed by atoms with Gasteiger partial charge in [0.15, 0.2) is 0 Å². The first-order valence-corrected chi connectivity index (χ1v) is 7.40. The molecule has 2 heterocycles. The lowest BCUT2D eigenvalue weighted by molar-refractivity contribution is -0.137. The van der Waals surface area contributed by atoms with E-state index in [0.29, 0.717) is 19.5 Å². The molecule has 116 valence electrons. The summed E-state index contributed by atoms with van der Waals surface area (Å²) < 4.78 is 39.3. The summed E-state index contributed by atoms with van der Waals surface area (Å²) in [6.07, 6.45) is 1.20. The Balaban J connectivity index is 1.86. The maximum Gasteiger partial charge on any atom is 0.419 e. The van der Waals surface area contributed by atoms with E-state index in [1.54, 1.807) is 4.90 Å². The van der Waals surface area contributed by atoms with Crippen LogP contribution in [0.25, 0.3) is 0 Å². The first kappa shape index (κ1) is 14.6. The molecular weight excluding hydrogens is 281 g/mol. The molecule has 0 aromatic carbocycles. The van der Waals surface area contributed by atoms with Gasteiger partial charge in [0.2, 0.25) is 0 Å². The van der Waals surface area contributed by atoms with E-state index in [1.807, 2.05) is 0 Å². The predicted octanol–water partition coefficient (Wildman–Crippen LogP) is 3.23. The third kappa shape index (κ3) is 2.73. The van der Waals surface area contributed by atoms with Gasteiger partial charge in [-0.2, -0.15) is 13.2 Å². The van der Waals surface area contributed by atoms with Crippen molar-refractivity contribution >= 4 is 5.82 Å². The van der Waals surface area contributed by atoms with Crippen LogP contribution in [-0.4, -0.2) is 28.8 Å². The van der Waals surface area contributed by atoms with Crippen molar-refractivity contribution in [3.63, 3.8) is 0 Å². The summed E-state index contributed by atoms with van der Waals surface area (Å²) in [4.78, 5) is 5.64. The van der Waals surface area contributed by atoms with E-state index in [1.165, 1.54) is 12.3 Å². The minimum Gasteiger partial charge on any atom is -0.389 e. The SMILES string of the molecule is OC12CCCCC1CN(c1ncccc1C(F)(F)F)CC2. The Bertz CT molecular complexity index is 520. The lowest BCUT2D eigenvalue weighted by atomic mass is 9.71. The number of aliphatic hydroxyl groups is 1. The molecule has 1 aromatic rings. The van der Waals surface area contributed by atoms with Crippen molar-refractivity contribution in [2.75, 3.05) is 18.0 Å². The summed E-state index contributed by atoms with van der Waals surface area (Å²) in [5, 5.41) is 10.6. The van der Waals surface area contributed by atoms with Gasteiger partial charge < -0.3 is 10.0 Å². The second-order valence-corrected chi connectivity index (χ2v) is 6.11. The van der Waals surface area contributed by atoms with Crippen LogP contribution in [0, 0.1) is 5.92 Å². The largest absolute Gasteiger partial charge is 0.419 e.